The first-order chi connectivity index (χ1) is 11.7. The predicted molar refractivity (Wildman–Crippen MR) is 94.6 cm³/mol. The number of nitrogens with zero attached hydrogens (tertiary/aromatic N) is 2. The van der Waals surface area contributed by atoms with Gasteiger partial charge in [-0.1, -0.05) is 36.4 Å². The summed E-state index contributed by atoms with van der Waals surface area (Å²) in [5.41, 5.74) is 2.84. The number of ether oxygens (including phenoxy) is 1. The third-order valence-electron chi connectivity index (χ3n) is 4.17. The van der Waals surface area contributed by atoms with Crippen molar-refractivity contribution >= 4 is 0 Å². The molecular weight excluding hydrogens is 300 g/mol. The van der Waals surface area contributed by atoms with Crippen LogP contribution in [0.4, 0.5) is 0 Å². The van der Waals surface area contributed by atoms with Gasteiger partial charge in [0.2, 0.25) is 0 Å². The van der Waals surface area contributed by atoms with Crippen LogP contribution in [0.25, 0.3) is 0 Å². The van der Waals surface area contributed by atoms with Crippen LogP contribution in [0.5, 0.6) is 5.75 Å². The molecule has 0 saturated heterocycles. The second kappa shape index (κ2) is 9.07. The van der Waals surface area contributed by atoms with Crippen molar-refractivity contribution in [1.29, 1.82) is 5.26 Å². The fraction of sp³-hybridized carbons (Fsp3) is 0.350. The highest BCUT2D eigenvalue weighted by Gasteiger charge is 2.15. The number of nitriles is 1. The number of aliphatic hydroxyl groups is 1. The van der Waals surface area contributed by atoms with E-state index < -0.39 is 0 Å². The molecule has 1 atom stereocenters. The van der Waals surface area contributed by atoms with Crippen LogP contribution < -0.4 is 4.74 Å². The van der Waals surface area contributed by atoms with E-state index in [0.29, 0.717) is 24.3 Å². The van der Waals surface area contributed by atoms with Gasteiger partial charge in [-0.2, -0.15) is 5.26 Å². The Labute approximate surface area is 143 Å². The summed E-state index contributed by atoms with van der Waals surface area (Å²) in [6.07, 6.45) is 0.716. The van der Waals surface area contributed by atoms with Gasteiger partial charge in [-0.15, -0.1) is 0 Å². The van der Waals surface area contributed by atoms with Gasteiger partial charge in [-0.3, -0.25) is 4.90 Å². The Morgan fingerprint density at radius 1 is 1.12 bits per heavy atom. The highest BCUT2D eigenvalue weighted by Crippen LogP contribution is 2.21. The van der Waals surface area contributed by atoms with E-state index in [0.717, 1.165) is 12.1 Å². The van der Waals surface area contributed by atoms with Crippen LogP contribution in [0, 0.1) is 11.3 Å². The molecular formula is C20H24N2O2. The van der Waals surface area contributed by atoms with Gasteiger partial charge in [0.15, 0.2) is 0 Å². The molecule has 0 aliphatic rings. The Morgan fingerprint density at radius 3 is 2.46 bits per heavy atom. The fourth-order valence-electron chi connectivity index (χ4n) is 2.73. The van der Waals surface area contributed by atoms with Gasteiger partial charge < -0.3 is 9.84 Å². The molecule has 2 aromatic rings. The summed E-state index contributed by atoms with van der Waals surface area (Å²) in [5.74, 6) is 0.597. The minimum atomic E-state index is 0.165. The van der Waals surface area contributed by atoms with Crippen molar-refractivity contribution in [2.45, 2.75) is 32.5 Å². The topological polar surface area (TPSA) is 56.5 Å². The lowest BCUT2D eigenvalue weighted by molar-refractivity contribution is 0.153. The van der Waals surface area contributed by atoms with Crippen molar-refractivity contribution in [2.24, 2.45) is 0 Å². The van der Waals surface area contributed by atoms with Gasteiger partial charge in [-0.05, 0) is 36.6 Å². The molecule has 1 unspecified atom stereocenters. The summed E-state index contributed by atoms with van der Waals surface area (Å²) in [4.78, 5) is 2.31. The monoisotopic (exact) mass is 324 g/mol. The first-order valence-corrected chi connectivity index (χ1v) is 8.13. The molecule has 0 bridgehead atoms. The predicted octanol–water partition coefficient (Wildman–Crippen LogP) is 3.34. The van der Waals surface area contributed by atoms with E-state index in [1.807, 2.05) is 36.4 Å². The van der Waals surface area contributed by atoms with Crippen LogP contribution in [-0.2, 0) is 13.1 Å². The molecule has 4 heteroatoms. The number of methoxy groups -OCH3 is 1. The molecule has 0 aromatic heterocycles. The van der Waals surface area contributed by atoms with Crippen LogP contribution >= 0.6 is 0 Å². The van der Waals surface area contributed by atoms with Crippen LogP contribution in [0.15, 0.2) is 48.5 Å². The maximum absolute atomic E-state index is 9.28. The SMILES string of the molecule is COc1ccc(CN(Cc2ccccc2)C(C)CCO)cc1C#N. The smallest absolute Gasteiger partial charge is 0.136 e. The molecule has 24 heavy (non-hydrogen) atoms. The van der Waals surface area contributed by atoms with E-state index in [1.165, 1.54) is 5.56 Å². The maximum atomic E-state index is 9.28. The summed E-state index contributed by atoms with van der Waals surface area (Å²) in [6, 6.07) is 18.4. The summed E-state index contributed by atoms with van der Waals surface area (Å²) in [5, 5.41) is 18.5. The van der Waals surface area contributed by atoms with Crippen molar-refractivity contribution in [3.05, 3.63) is 65.2 Å². The number of hydrogen-bond acceptors (Lipinski definition) is 4. The molecule has 0 fully saturated rings. The second-order valence-electron chi connectivity index (χ2n) is 5.90. The highest BCUT2D eigenvalue weighted by atomic mass is 16.5. The summed E-state index contributed by atoms with van der Waals surface area (Å²) in [7, 11) is 1.57. The standard InChI is InChI=1S/C20H24N2O2/c1-16(10-11-23)22(14-17-6-4-3-5-7-17)15-18-8-9-20(24-2)19(12-18)13-21/h3-9,12,16,23H,10-11,14-15H2,1-2H3. The van der Waals surface area contributed by atoms with E-state index in [2.05, 4.69) is 30.0 Å². The Morgan fingerprint density at radius 2 is 1.83 bits per heavy atom. The van der Waals surface area contributed by atoms with E-state index in [4.69, 9.17) is 4.74 Å². The number of benzene rings is 2. The molecule has 2 rings (SSSR count). The first-order valence-electron chi connectivity index (χ1n) is 8.13. The summed E-state index contributed by atoms with van der Waals surface area (Å²) >= 11 is 0. The van der Waals surface area contributed by atoms with Gasteiger partial charge >= 0.3 is 0 Å². The van der Waals surface area contributed by atoms with Gasteiger partial charge in [0, 0.05) is 25.7 Å². The maximum Gasteiger partial charge on any atom is 0.136 e. The van der Waals surface area contributed by atoms with E-state index >= 15 is 0 Å². The molecule has 4 nitrogen and oxygen atoms in total. The van der Waals surface area contributed by atoms with E-state index in [-0.39, 0.29) is 12.6 Å². The van der Waals surface area contributed by atoms with Crippen molar-refractivity contribution in [2.75, 3.05) is 13.7 Å². The lowest BCUT2D eigenvalue weighted by Crippen LogP contribution is -2.32. The molecule has 1 N–H and O–H groups in total. The zero-order valence-corrected chi connectivity index (χ0v) is 14.3. The average molecular weight is 324 g/mol. The molecule has 126 valence electrons. The van der Waals surface area contributed by atoms with E-state index in [1.54, 1.807) is 7.11 Å². The van der Waals surface area contributed by atoms with Gasteiger partial charge in [0.05, 0.1) is 12.7 Å². The fourth-order valence-corrected chi connectivity index (χ4v) is 2.73. The summed E-state index contributed by atoms with van der Waals surface area (Å²) in [6.45, 7) is 3.80. The van der Waals surface area contributed by atoms with Gasteiger partial charge in [0.25, 0.3) is 0 Å². The van der Waals surface area contributed by atoms with E-state index in [9.17, 15) is 10.4 Å². The minimum absolute atomic E-state index is 0.165. The quantitative estimate of drug-likeness (QED) is 0.809. The lowest BCUT2D eigenvalue weighted by atomic mass is 10.1. The zero-order valence-electron chi connectivity index (χ0n) is 14.3. The van der Waals surface area contributed by atoms with Crippen molar-refractivity contribution in [1.82, 2.24) is 4.90 Å². The molecule has 0 amide bonds. The van der Waals surface area contributed by atoms with Crippen LogP contribution in [0.1, 0.15) is 30.0 Å². The van der Waals surface area contributed by atoms with Crippen molar-refractivity contribution in [3.63, 3.8) is 0 Å². The Bertz CT molecular complexity index is 680. The second-order valence-corrected chi connectivity index (χ2v) is 5.90. The highest BCUT2D eigenvalue weighted by molar-refractivity contribution is 5.45. The Balaban J connectivity index is 2.20. The third-order valence-corrected chi connectivity index (χ3v) is 4.17. The molecule has 0 aliphatic carbocycles. The van der Waals surface area contributed by atoms with Crippen LogP contribution in [0.2, 0.25) is 0 Å². The molecule has 0 spiro atoms. The Hall–Kier alpha value is -2.35. The number of aliphatic hydroxyl groups excluding tert-OH is 1. The number of rotatable bonds is 8. The normalized spacial score (nSPS) is 12.0. The summed E-state index contributed by atoms with van der Waals surface area (Å²) < 4.78 is 5.21. The third kappa shape index (κ3) is 4.82. The zero-order chi connectivity index (χ0) is 17.4. The molecule has 0 radical (unpaired) electrons. The van der Waals surface area contributed by atoms with Gasteiger partial charge in [-0.25, -0.2) is 0 Å². The lowest BCUT2D eigenvalue weighted by Gasteiger charge is -2.29. The van der Waals surface area contributed by atoms with Gasteiger partial charge in [0.1, 0.15) is 11.8 Å². The molecule has 0 heterocycles. The minimum Gasteiger partial charge on any atom is -0.495 e. The first kappa shape index (κ1) is 18.0. The molecule has 0 saturated carbocycles. The van der Waals surface area contributed by atoms with Crippen molar-refractivity contribution < 1.29 is 9.84 Å². The van der Waals surface area contributed by atoms with Crippen LogP contribution in [0.3, 0.4) is 0 Å². The largest absolute Gasteiger partial charge is 0.495 e. The number of hydrogen-bond donors (Lipinski definition) is 1. The molecule has 0 aliphatic heterocycles. The molecule has 2 aromatic carbocycles. The average Bonchev–Trinajstić information content (AvgIpc) is 2.62. The van der Waals surface area contributed by atoms with Crippen molar-refractivity contribution in [3.8, 4) is 11.8 Å². The van der Waals surface area contributed by atoms with Crippen LogP contribution in [-0.4, -0.2) is 29.8 Å². The Kier molecular flexibility index (Phi) is 6.80.